The lowest BCUT2D eigenvalue weighted by Crippen LogP contribution is -2.35. The quantitative estimate of drug-likeness (QED) is 0.676. The minimum absolute atomic E-state index is 0.364. The Balaban J connectivity index is 1.43. The third-order valence-corrected chi connectivity index (χ3v) is 4.66. The SMILES string of the molecule is CCn1c(NCC2CC(c3ccccc3)NN2)nc2ccccc21. The highest BCUT2D eigenvalue weighted by Crippen LogP contribution is 2.23. The number of aromatic nitrogens is 2. The average Bonchev–Trinajstić information content (AvgIpc) is 3.24. The summed E-state index contributed by atoms with van der Waals surface area (Å²) in [5.74, 6) is 0.948. The lowest BCUT2D eigenvalue weighted by Gasteiger charge is -2.13. The summed E-state index contributed by atoms with van der Waals surface area (Å²) in [6, 6.07) is 19.6. The molecule has 1 aliphatic rings. The number of nitrogens with one attached hydrogen (secondary N) is 3. The number of hydrazine groups is 1. The van der Waals surface area contributed by atoms with Crippen molar-refractivity contribution in [1.82, 2.24) is 20.4 Å². The number of para-hydroxylation sites is 2. The van der Waals surface area contributed by atoms with Crippen molar-refractivity contribution < 1.29 is 0 Å². The molecule has 0 aliphatic carbocycles. The van der Waals surface area contributed by atoms with E-state index in [4.69, 9.17) is 4.98 Å². The van der Waals surface area contributed by atoms with E-state index in [0.29, 0.717) is 12.1 Å². The molecule has 3 N–H and O–H groups in total. The lowest BCUT2D eigenvalue weighted by molar-refractivity contribution is 0.551. The summed E-state index contributed by atoms with van der Waals surface area (Å²) >= 11 is 0. The van der Waals surface area contributed by atoms with E-state index < -0.39 is 0 Å². The van der Waals surface area contributed by atoms with Gasteiger partial charge < -0.3 is 9.88 Å². The molecule has 124 valence electrons. The normalized spacial score (nSPS) is 20.5. The Labute approximate surface area is 142 Å². The second-order valence-corrected chi connectivity index (χ2v) is 6.23. The third-order valence-electron chi connectivity index (χ3n) is 4.66. The van der Waals surface area contributed by atoms with Crippen molar-refractivity contribution in [2.24, 2.45) is 0 Å². The molecule has 5 nitrogen and oxygen atoms in total. The van der Waals surface area contributed by atoms with Crippen LogP contribution < -0.4 is 16.2 Å². The van der Waals surface area contributed by atoms with E-state index in [-0.39, 0.29) is 0 Å². The standard InChI is InChI=1S/C19H23N5/c1-2-24-18-11-7-6-10-16(18)21-19(24)20-13-15-12-17(23-22-15)14-8-4-3-5-9-14/h3-11,15,17,22-23H,2,12-13H2,1H3,(H,20,21). The summed E-state index contributed by atoms with van der Waals surface area (Å²) in [6.07, 6.45) is 1.06. The summed E-state index contributed by atoms with van der Waals surface area (Å²) in [5.41, 5.74) is 10.3. The van der Waals surface area contributed by atoms with Gasteiger partial charge in [0.15, 0.2) is 0 Å². The predicted molar refractivity (Wildman–Crippen MR) is 97.8 cm³/mol. The Morgan fingerprint density at radius 3 is 2.71 bits per heavy atom. The molecular weight excluding hydrogens is 298 g/mol. The second-order valence-electron chi connectivity index (χ2n) is 6.23. The molecule has 2 atom stereocenters. The Bertz CT molecular complexity index is 811. The Morgan fingerprint density at radius 1 is 1.08 bits per heavy atom. The second kappa shape index (κ2) is 6.63. The molecule has 2 aromatic carbocycles. The van der Waals surface area contributed by atoms with Crippen LogP contribution in [0.2, 0.25) is 0 Å². The predicted octanol–water partition coefficient (Wildman–Crippen LogP) is 3.08. The molecule has 1 aromatic heterocycles. The van der Waals surface area contributed by atoms with Gasteiger partial charge in [-0.25, -0.2) is 10.4 Å². The van der Waals surface area contributed by atoms with Crippen LogP contribution >= 0.6 is 0 Å². The third kappa shape index (κ3) is 2.88. The molecule has 0 spiro atoms. The molecule has 1 fully saturated rings. The molecule has 2 heterocycles. The first-order valence-electron chi connectivity index (χ1n) is 8.60. The van der Waals surface area contributed by atoms with Crippen LogP contribution in [0.15, 0.2) is 54.6 Å². The van der Waals surface area contributed by atoms with Gasteiger partial charge in [-0.2, -0.15) is 0 Å². The smallest absolute Gasteiger partial charge is 0.203 e. The average molecular weight is 321 g/mol. The van der Waals surface area contributed by atoms with E-state index in [1.165, 1.54) is 11.1 Å². The van der Waals surface area contributed by atoms with Crippen LogP contribution in [0.4, 0.5) is 5.95 Å². The molecule has 0 saturated carbocycles. The van der Waals surface area contributed by atoms with Crippen LogP contribution in [0.3, 0.4) is 0 Å². The first-order chi connectivity index (χ1) is 11.8. The molecule has 1 aliphatic heterocycles. The Kier molecular flexibility index (Phi) is 4.19. The number of rotatable bonds is 5. The van der Waals surface area contributed by atoms with E-state index >= 15 is 0 Å². The first kappa shape index (κ1) is 15.2. The van der Waals surface area contributed by atoms with Gasteiger partial charge in [0.1, 0.15) is 0 Å². The van der Waals surface area contributed by atoms with Gasteiger partial charge in [0, 0.05) is 25.2 Å². The maximum absolute atomic E-state index is 4.73. The Hall–Kier alpha value is -2.37. The summed E-state index contributed by atoms with van der Waals surface area (Å²) < 4.78 is 2.23. The molecule has 0 radical (unpaired) electrons. The number of benzene rings is 2. The van der Waals surface area contributed by atoms with Crippen molar-refractivity contribution >= 4 is 17.0 Å². The summed E-state index contributed by atoms with van der Waals surface area (Å²) in [4.78, 5) is 4.73. The fourth-order valence-electron chi connectivity index (χ4n) is 3.40. The van der Waals surface area contributed by atoms with Gasteiger partial charge in [-0.15, -0.1) is 0 Å². The minimum atomic E-state index is 0.364. The van der Waals surface area contributed by atoms with E-state index in [1.54, 1.807) is 0 Å². The van der Waals surface area contributed by atoms with Gasteiger partial charge in [0.25, 0.3) is 0 Å². The summed E-state index contributed by atoms with van der Waals surface area (Å²) in [7, 11) is 0. The van der Waals surface area contributed by atoms with E-state index in [9.17, 15) is 0 Å². The zero-order valence-corrected chi connectivity index (χ0v) is 13.9. The largest absolute Gasteiger partial charge is 0.354 e. The molecule has 0 bridgehead atoms. The van der Waals surface area contributed by atoms with Crippen LogP contribution in [0.1, 0.15) is 24.9 Å². The number of hydrogen-bond acceptors (Lipinski definition) is 4. The fourth-order valence-corrected chi connectivity index (χ4v) is 3.40. The van der Waals surface area contributed by atoms with Crippen molar-refractivity contribution in [2.45, 2.75) is 32.0 Å². The topological polar surface area (TPSA) is 53.9 Å². The van der Waals surface area contributed by atoms with E-state index in [0.717, 1.165) is 31.0 Å². The molecule has 3 aromatic rings. The van der Waals surface area contributed by atoms with Crippen molar-refractivity contribution in [2.75, 3.05) is 11.9 Å². The number of aryl methyl sites for hydroxylation is 1. The molecule has 1 saturated heterocycles. The highest BCUT2D eigenvalue weighted by Gasteiger charge is 2.25. The van der Waals surface area contributed by atoms with Gasteiger partial charge in [-0.1, -0.05) is 42.5 Å². The van der Waals surface area contributed by atoms with Gasteiger partial charge in [0.05, 0.1) is 11.0 Å². The number of anilines is 1. The zero-order chi connectivity index (χ0) is 16.4. The minimum Gasteiger partial charge on any atom is -0.354 e. The molecule has 0 amide bonds. The zero-order valence-electron chi connectivity index (χ0n) is 13.9. The van der Waals surface area contributed by atoms with Gasteiger partial charge >= 0.3 is 0 Å². The van der Waals surface area contributed by atoms with Crippen LogP contribution in [0, 0.1) is 0 Å². The van der Waals surface area contributed by atoms with Crippen LogP contribution in [-0.2, 0) is 6.54 Å². The number of hydrogen-bond donors (Lipinski definition) is 3. The number of fused-ring (bicyclic) bond motifs is 1. The summed E-state index contributed by atoms with van der Waals surface area (Å²) in [6.45, 7) is 3.91. The van der Waals surface area contributed by atoms with E-state index in [2.05, 4.69) is 76.2 Å². The molecule has 5 heteroatoms. The molecule has 4 rings (SSSR count). The van der Waals surface area contributed by atoms with Crippen LogP contribution in [0.25, 0.3) is 11.0 Å². The molecule has 2 unspecified atom stereocenters. The maximum Gasteiger partial charge on any atom is 0.203 e. The number of imidazole rings is 1. The van der Waals surface area contributed by atoms with Gasteiger partial charge in [0.2, 0.25) is 5.95 Å². The van der Waals surface area contributed by atoms with Crippen molar-refractivity contribution in [3.05, 3.63) is 60.2 Å². The lowest BCUT2D eigenvalue weighted by atomic mass is 10.0. The monoisotopic (exact) mass is 321 g/mol. The number of nitrogens with zero attached hydrogens (tertiary/aromatic N) is 2. The van der Waals surface area contributed by atoms with E-state index in [1.807, 2.05) is 6.07 Å². The van der Waals surface area contributed by atoms with Crippen LogP contribution in [-0.4, -0.2) is 22.1 Å². The van der Waals surface area contributed by atoms with Crippen LogP contribution in [0.5, 0.6) is 0 Å². The highest BCUT2D eigenvalue weighted by molar-refractivity contribution is 5.78. The van der Waals surface area contributed by atoms with Crippen molar-refractivity contribution in [3.8, 4) is 0 Å². The van der Waals surface area contributed by atoms with Gasteiger partial charge in [-0.3, -0.25) is 5.43 Å². The van der Waals surface area contributed by atoms with Crippen molar-refractivity contribution in [3.63, 3.8) is 0 Å². The maximum atomic E-state index is 4.73. The summed E-state index contributed by atoms with van der Waals surface area (Å²) in [5, 5.41) is 3.52. The first-order valence-corrected chi connectivity index (χ1v) is 8.60. The van der Waals surface area contributed by atoms with Gasteiger partial charge in [-0.05, 0) is 31.0 Å². The fraction of sp³-hybridized carbons (Fsp3) is 0.316. The Morgan fingerprint density at radius 2 is 1.88 bits per heavy atom. The molecular formula is C19H23N5. The highest BCUT2D eigenvalue weighted by atomic mass is 15.4. The molecule has 24 heavy (non-hydrogen) atoms. The van der Waals surface area contributed by atoms with Crippen molar-refractivity contribution in [1.29, 1.82) is 0 Å².